The van der Waals surface area contributed by atoms with Crippen LogP contribution in [-0.4, -0.2) is 53.1 Å². The van der Waals surface area contributed by atoms with E-state index in [1.807, 2.05) is 29.2 Å². The van der Waals surface area contributed by atoms with Crippen LogP contribution in [0, 0.1) is 5.41 Å². The van der Waals surface area contributed by atoms with Gasteiger partial charge in [-0.1, -0.05) is 25.1 Å². The SMILES string of the molecule is CC1(CN)CCN(C(=O)CCNC(=O)c2n[nH]c3ccccc23)C1. The summed E-state index contributed by atoms with van der Waals surface area (Å²) in [6.07, 6.45) is 1.22. The van der Waals surface area contributed by atoms with Gasteiger partial charge in [0.15, 0.2) is 5.69 Å². The van der Waals surface area contributed by atoms with Gasteiger partial charge in [0.1, 0.15) is 0 Å². The lowest BCUT2D eigenvalue weighted by Gasteiger charge is -2.22. The molecule has 0 bridgehead atoms. The van der Waals surface area contributed by atoms with Crippen LogP contribution in [0.4, 0.5) is 0 Å². The number of likely N-dealkylation sites (tertiary alicyclic amines) is 1. The van der Waals surface area contributed by atoms with E-state index in [4.69, 9.17) is 5.73 Å². The standard InChI is InChI=1S/C17H23N5O2/c1-17(10-18)7-9-22(11-17)14(23)6-8-19-16(24)15-12-4-2-3-5-13(12)20-21-15/h2-5H,6-11,18H2,1H3,(H,19,24)(H,20,21). The largest absolute Gasteiger partial charge is 0.350 e. The minimum Gasteiger partial charge on any atom is -0.350 e. The number of nitrogens with zero attached hydrogens (tertiary/aromatic N) is 2. The van der Waals surface area contributed by atoms with E-state index >= 15 is 0 Å². The molecule has 7 heteroatoms. The predicted octanol–water partition coefficient (Wildman–Crippen LogP) is 0.880. The van der Waals surface area contributed by atoms with Crippen molar-refractivity contribution in [3.8, 4) is 0 Å². The molecule has 2 amide bonds. The molecule has 128 valence electrons. The van der Waals surface area contributed by atoms with Crippen LogP contribution >= 0.6 is 0 Å². The van der Waals surface area contributed by atoms with Gasteiger partial charge in [-0.2, -0.15) is 5.10 Å². The lowest BCUT2D eigenvalue weighted by Crippen LogP contribution is -2.36. The van der Waals surface area contributed by atoms with Gasteiger partial charge in [-0.05, 0) is 24.4 Å². The van der Waals surface area contributed by atoms with E-state index in [-0.39, 0.29) is 23.7 Å². The Balaban J connectivity index is 1.51. The quantitative estimate of drug-likeness (QED) is 0.757. The van der Waals surface area contributed by atoms with E-state index in [2.05, 4.69) is 22.4 Å². The molecule has 1 unspecified atom stereocenters. The Morgan fingerprint density at radius 1 is 1.42 bits per heavy atom. The molecule has 1 saturated heterocycles. The maximum Gasteiger partial charge on any atom is 0.272 e. The Morgan fingerprint density at radius 2 is 2.21 bits per heavy atom. The number of benzene rings is 1. The predicted molar refractivity (Wildman–Crippen MR) is 91.4 cm³/mol. The van der Waals surface area contributed by atoms with Crippen molar-refractivity contribution in [1.29, 1.82) is 0 Å². The second-order valence-electron chi connectivity index (χ2n) is 6.70. The number of nitrogens with one attached hydrogen (secondary N) is 2. The van der Waals surface area contributed by atoms with Gasteiger partial charge in [0.25, 0.3) is 5.91 Å². The number of hydrogen-bond acceptors (Lipinski definition) is 4. The van der Waals surface area contributed by atoms with Crippen LogP contribution in [0.5, 0.6) is 0 Å². The maximum atomic E-state index is 12.2. The summed E-state index contributed by atoms with van der Waals surface area (Å²) in [7, 11) is 0. The monoisotopic (exact) mass is 329 g/mol. The highest BCUT2D eigenvalue weighted by molar-refractivity contribution is 6.04. The zero-order chi connectivity index (χ0) is 17.2. The molecule has 0 saturated carbocycles. The molecule has 1 atom stereocenters. The average Bonchev–Trinajstić information content (AvgIpc) is 3.19. The second kappa shape index (κ2) is 6.60. The van der Waals surface area contributed by atoms with Crippen LogP contribution in [0.15, 0.2) is 24.3 Å². The van der Waals surface area contributed by atoms with E-state index in [0.717, 1.165) is 23.9 Å². The number of amides is 2. The first kappa shape index (κ1) is 16.4. The summed E-state index contributed by atoms with van der Waals surface area (Å²) in [5, 5.41) is 10.4. The summed E-state index contributed by atoms with van der Waals surface area (Å²) < 4.78 is 0. The van der Waals surface area contributed by atoms with Crippen molar-refractivity contribution in [2.24, 2.45) is 11.1 Å². The van der Waals surface area contributed by atoms with Crippen molar-refractivity contribution in [2.45, 2.75) is 19.8 Å². The molecule has 0 radical (unpaired) electrons. The smallest absolute Gasteiger partial charge is 0.272 e. The molecule has 1 aromatic heterocycles. The Hall–Kier alpha value is -2.41. The third kappa shape index (κ3) is 3.26. The van der Waals surface area contributed by atoms with Crippen molar-refractivity contribution in [3.63, 3.8) is 0 Å². The zero-order valence-electron chi connectivity index (χ0n) is 13.8. The Kier molecular flexibility index (Phi) is 4.53. The second-order valence-corrected chi connectivity index (χ2v) is 6.70. The summed E-state index contributed by atoms with van der Waals surface area (Å²) in [6.45, 7) is 4.42. The summed E-state index contributed by atoms with van der Waals surface area (Å²) >= 11 is 0. The molecule has 3 rings (SSSR count). The molecule has 2 aromatic rings. The Morgan fingerprint density at radius 3 is 2.96 bits per heavy atom. The maximum absolute atomic E-state index is 12.2. The van der Waals surface area contributed by atoms with Gasteiger partial charge >= 0.3 is 0 Å². The lowest BCUT2D eigenvalue weighted by molar-refractivity contribution is -0.130. The van der Waals surface area contributed by atoms with Crippen molar-refractivity contribution in [2.75, 3.05) is 26.2 Å². The van der Waals surface area contributed by atoms with Gasteiger partial charge in [-0.15, -0.1) is 0 Å². The summed E-state index contributed by atoms with van der Waals surface area (Å²) in [5.41, 5.74) is 6.96. The van der Waals surface area contributed by atoms with Crippen molar-refractivity contribution in [3.05, 3.63) is 30.0 Å². The first-order chi connectivity index (χ1) is 11.5. The molecule has 1 aromatic carbocycles. The minimum absolute atomic E-state index is 0.0207. The molecule has 0 spiro atoms. The number of rotatable bonds is 5. The lowest BCUT2D eigenvalue weighted by atomic mass is 9.90. The Bertz CT molecular complexity index is 756. The Labute approximate surface area is 140 Å². The molecule has 2 heterocycles. The molecule has 1 aliphatic heterocycles. The van der Waals surface area contributed by atoms with E-state index in [1.54, 1.807) is 0 Å². The fraction of sp³-hybridized carbons (Fsp3) is 0.471. The topological polar surface area (TPSA) is 104 Å². The molecule has 1 aliphatic rings. The zero-order valence-corrected chi connectivity index (χ0v) is 13.8. The van der Waals surface area contributed by atoms with Gasteiger partial charge in [-0.25, -0.2) is 0 Å². The number of para-hydroxylation sites is 1. The van der Waals surface area contributed by atoms with Gasteiger partial charge in [0, 0.05) is 31.4 Å². The molecule has 0 aliphatic carbocycles. The van der Waals surface area contributed by atoms with Crippen LogP contribution in [0.25, 0.3) is 10.9 Å². The first-order valence-corrected chi connectivity index (χ1v) is 8.21. The normalized spacial score (nSPS) is 20.5. The van der Waals surface area contributed by atoms with Crippen LogP contribution in [0.2, 0.25) is 0 Å². The molecule has 4 N–H and O–H groups in total. The van der Waals surface area contributed by atoms with Crippen molar-refractivity contribution in [1.82, 2.24) is 20.4 Å². The third-order valence-electron chi connectivity index (χ3n) is 4.71. The van der Waals surface area contributed by atoms with Crippen LogP contribution in [-0.2, 0) is 4.79 Å². The molecule has 1 fully saturated rings. The van der Waals surface area contributed by atoms with Crippen molar-refractivity contribution < 1.29 is 9.59 Å². The minimum atomic E-state index is -0.270. The molecular formula is C17H23N5O2. The van der Waals surface area contributed by atoms with Crippen LogP contribution < -0.4 is 11.1 Å². The number of fused-ring (bicyclic) bond motifs is 1. The third-order valence-corrected chi connectivity index (χ3v) is 4.71. The molecular weight excluding hydrogens is 306 g/mol. The number of H-pyrrole nitrogens is 1. The van der Waals surface area contributed by atoms with Gasteiger partial charge in [-0.3, -0.25) is 14.7 Å². The van der Waals surface area contributed by atoms with Gasteiger partial charge in [0.2, 0.25) is 5.91 Å². The number of aromatic amines is 1. The summed E-state index contributed by atoms with van der Waals surface area (Å²) in [5.74, 6) is -0.215. The van der Waals surface area contributed by atoms with Crippen LogP contribution in [0.1, 0.15) is 30.3 Å². The van der Waals surface area contributed by atoms with E-state index in [1.165, 1.54) is 0 Å². The van der Waals surface area contributed by atoms with E-state index in [0.29, 0.717) is 25.3 Å². The van der Waals surface area contributed by atoms with Crippen LogP contribution in [0.3, 0.4) is 0 Å². The number of hydrogen-bond donors (Lipinski definition) is 3. The fourth-order valence-corrected chi connectivity index (χ4v) is 3.06. The summed E-state index contributed by atoms with van der Waals surface area (Å²) in [6, 6.07) is 7.45. The summed E-state index contributed by atoms with van der Waals surface area (Å²) in [4.78, 5) is 26.3. The molecule has 24 heavy (non-hydrogen) atoms. The number of carbonyl (C=O) groups excluding carboxylic acids is 2. The van der Waals surface area contributed by atoms with E-state index in [9.17, 15) is 9.59 Å². The highest BCUT2D eigenvalue weighted by Crippen LogP contribution is 2.28. The number of aromatic nitrogens is 2. The average molecular weight is 329 g/mol. The fourth-order valence-electron chi connectivity index (χ4n) is 3.06. The van der Waals surface area contributed by atoms with Gasteiger partial charge in [0.05, 0.1) is 5.52 Å². The number of carbonyl (C=O) groups is 2. The molecule has 7 nitrogen and oxygen atoms in total. The van der Waals surface area contributed by atoms with Crippen molar-refractivity contribution >= 4 is 22.7 Å². The highest BCUT2D eigenvalue weighted by atomic mass is 16.2. The highest BCUT2D eigenvalue weighted by Gasteiger charge is 2.34. The van der Waals surface area contributed by atoms with E-state index < -0.39 is 0 Å². The number of nitrogens with two attached hydrogens (primary N) is 1. The first-order valence-electron chi connectivity index (χ1n) is 8.21. The van der Waals surface area contributed by atoms with Gasteiger partial charge < -0.3 is 16.0 Å².